The van der Waals surface area contributed by atoms with Crippen LogP contribution in [0, 0.1) is 0 Å². The summed E-state index contributed by atoms with van der Waals surface area (Å²) in [6.07, 6.45) is 2.41. The lowest BCUT2D eigenvalue weighted by Gasteiger charge is -2.16. The van der Waals surface area contributed by atoms with Crippen LogP contribution in [0.5, 0.6) is 0 Å². The first-order valence-corrected chi connectivity index (χ1v) is 9.90. The molecule has 1 fully saturated rings. The van der Waals surface area contributed by atoms with Crippen molar-refractivity contribution in [3.05, 3.63) is 41.7 Å². The number of hydrogen-bond donors (Lipinski definition) is 1. The summed E-state index contributed by atoms with van der Waals surface area (Å²) in [5.74, 6) is 1.99. The number of nitrogens with zero attached hydrogens (tertiary/aromatic N) is 3. The van der Waals surface area contributed by atoms with Gasteiger partial charge in [-0.15, -0.1) is 10.2 Å². The Hall–Kier alpha value is -1.82. The minimum Gasteiger partial charge on any atom is -0.355 e. The summed E-state index contributed by atoms with van der Waals surface area (Å²) in [5.41, 5.74) is 1.24. The highest BCUT2D eigenvalue weighted by atomic mass is 32.2. The van der Waals surface area contributed by atoms with Crippen LogP contribution in [0.4, 0.5) is 0 Å². The van der Waals surface area contributed by atoms with Gasteiger partial charge in [0.2, 0.25) is 5.91 Å². The van der Waals surface area contributed by atoms with Gasteiger partial charge in [0, 0.05) is 19.0 Å². The van der Waals surface area contributed by atoms with Gasteiger partial charge in [-0.05, 0) is 38.2 Å². The van der Waals surface area contributed by atoms with Crippen molar-refractivity contribution in [2.45, 2.75) is 62.4 Å². The number of aromatic nitrogens is 3. The van der Waals surface area contributed by atoms with Crippen molar-refractivity contribution in [1.82, 2.24) is 20.1 Å². The fourth-order valence-corrected chi connectivity index (χ4v) is 3.78. The van der Waals surface area contributed by atoms with E-state index in [-0.39, 0.29) is 11.2 Å². The fraction of sp³-hybridized carbons (Fsp3) is 0.526. The molecule has 0 aliphatic heterocycles. The van der Waals surface area contributed by atoms with Crippen LogP contribution in [0.1, 0.15) is 56.8 Å². The molecule has 1 aromatic carbocycles. The van der Waals surface area contributed by atoms with Gasteiger partial charge in [0.15, 0.2) is 5.16 Å². The van der Waals surface area contributed by atoms with E-state index in [0.29, 0.717) is 18.4 Å². The first kappa shape index (κ1) is 18.0. The van der Waals surface area contributed by atoms with Crippen LogP contribution in [0.25, 0.3) is 0 Å². The smallest absolute Gasteiger partial charge is 0.233 e. The molecule has 1 saturated carbocycles. The van der Waals surface area contributed by atoms with Crippen molar-refractivity contribution in [3.63, 3.8) is 0 Å². The largest absolute Gasteiger partial charge is 0.355 e. The highest BCUT2D eigenvalue weighted by Gasteiger charge is 2.30. The fourth-order valence-electron chi connectivity index (χ4n) is 2.84. The van der Waals surface area contributed by atoms with Crippen molar-refractivity contribution in [2.75, 3.05) is 6.54 Å². The van der Waals surface area contributed by atoms with Crippen molar-refractivity contribution in [1.29, 1.82) is 0 Å². The molecule has 0 saturated heterocycles. The summed E-state index contributed by atoms with van der Waals surface area (Å²) < 4.78 is 2.15. The highest BCUT2D eigenvalue weighted by Crippen LogP contribution is 2.40. The molecular weight excluding hydrogens is 332 g/mol. The number of hydrogen-bond acceptors (Lipinski definition) is 4. The van der Waals surface area contributed by atoms with Crippen LogP contribution < -0.4 is 5.32 Å². The molecule has 1 aromatic heterocycles. The Kier molecular flexibility index (Phi) is 5.78. The third-order valence-electron chi connectivity index (χ3n) is 4.61. The van der Waals surface area contributed by atoms with Crippen LogP contribution >= 0.6 is 11.8 Å². The molecule has 0 unspecified atom stereocenters. The Bertz CT molecular complexity index is 711. The lowest BCUT2D eigenvalue weighted by molar-refractivity contribution is -0.120. The molecule has 1 N–H and O–H groups in total. The summed E-state index contributed by atoms with van der Waals surface area (Å²) in [6.45, 7) is 7.65. The second-order valence-corrected chi connectivity index (χ2v) is 7.98. The standard InChI is InChI=1S/C19H26N4OS/c1-4-23-17(16-10-11-16)21-22-19(23)25-14(3)18(24)20-12-13(2)15-8-6-5-7-9-15/h5-9,13-14,16H,4,10-12H2,1-3H3,(H,20,24)/t13-,14-/m0/s1. The quantitative estimate of drug-likeness (QED) is 0.733. The third kappa shape index (κ3) is 4.42. The highest BCUT2D eigenvalue weighted by molar-refractivity contribution is 8.00. The van der Waals surface area contributed by atoms with E-state index in [1.165, 1.54) is 30.2 Å². The van der Waals surface area contributed by atoms with E-state index in [4.69, 9.17) is 0 Å². The number of rotatable bonds is 8. The number of amides is 1. The number of thioether (sulfide) groups is 1. The second kappa shape index (κ2) is 8.04. The predicted molar refractivity (Wildman–Crippen MR) is 101 cm³/mol. The molecule has 0 spiro atoms. The predicted octanol–water partition coefficient (Wildman–Crippen LogP) is 3.58. The zero-order valence-electron chi connectivity index (χ0n) is 15.1. The number of nitrogens with one attached hydrogen (secondary N) is 1. The minimum absolute atomic E-state index is 0.0476. The van der Waals surface area contributed by atoms with E-state index in [1.54, 1.807) is 0 Å². The zero-order chi connectivity index (χ0) is 17.8. The third-order valence-corrected chi connectivity index (χ3v) is 5.69. The average Bonchev–Trinajstić information content (AvgIpc) is 3.41. The Morgan fingerprint density at radius 2 is 2.00 bits per heavy atom. The van der Waals surface area contributed by atoms with Crippen molar-refractivity contribution in [2.24, 2.45) is 0 Å². The maximum absolute atomic E-state index is 12.4. The van der Waals surface area contributed by atoms with Gasteiger partial charge in [-0.3, -0.25) is 4.79 Å². The number of carbonyl (C=O) groups excluding carboxylic acids is 1. The zero-order valence-corrected chi connectivity index (χ0v) is 15.9. The second-order valence-electron chi connectivity index (χ2n) is 6.68. The SMILES string of the molecule is CCn1c(S[C@@H](C)C(=O)NC[C@H](C)c2ccccc2)nnc1C1CC1. The molecule has 1 aliphatic rings. The van der Waals surface area contributed by atoms with Crippen molar-refractivity contribution < 1.29 is 4.79 Å². The molecule has 134 valence electrons. The normalized spacial score (nSPS) is 16.4. The maximum atomic E-state index is 12.4. The van der Waals surface area contributed by atoms with E-state index in [9.17, 15) is 4.79 Å². The Morgan fingerprint density at radius 3 is 2.64 bits per heavy atom. The van der Waals surface area contributed by atoms with Crippen LogP contribution in [-0.4, -0.2) is 32.5 Å². The molecule has 1 aliphatic carbocycles. The monoisotopic (exact) mass is 358 g/mol. The molecule has 3 rings (SSSR count). The van der Waals surface area contributed by atoms with Gasteiger partial charge in [-0.25, -0.2) is 0 Å². The summed E-state index contributed by atoms with van der Waals surface area (Å²) in [5, 5.41) is 12.4. The van der Waals surface area contributed by atoms with Gasteiger partial charge in [0.25, 0.3) is 0 Å². The van der Waals surface area contributed by atoms with E-state index >= 15 is 0 Å². The minimum atomic E-state index is -0.190. The summed E-state index contributed by atoms with van der Waals surface area (Å²) in [4.78, 5) is 12.4. The Labute approximate surface area is 153 Å². The van der Waals surface area contributed by atoms with E-state index < -0.39 is 0 Å². The molecule has 1 amide bonds. The van der Waals surface area contributed by atoms with Crippen LogP contribution in [0.2, 0.25) is 0 Å². The van der Waals surface area contributed by atoms with Crippen molar-refractivity contribution in [3.8, 4) is 0 Å². The van der Waals surface area contributed by atoms with Gasteiger partial charge in [-0.1, -0.05) is 49.0 Å². The number of benzene rings is 1. The maximum Gasteiger partial charge on any atom is 0.233 e. The molecule has 6 heteroatoms. The Balaban J connectivity index is 1.54. The molecule has 1 heterocycles. The first-order valence-electron chi connectivity index (χ1n) is 9.02. The summed E-state index contributed by atoms with van der Waals surface area (Å²) in [7, 11) is 0. The van der Waals surface area contributed by atoms with Gasteiger partial charge in [-0.2, -0.15) is 0 Å². The van der Waals surface area contributed by atoms with E-state index in [2.05, 4.69) is 46.1 Å². The van der Waals surface area contributed by atoms with Crippen LogP contribution in [0.15, 0.2) is 35.5 Å². The molecular formula is C19H26N4OS. The average molecular weight is 359 g/mol. The van der Waals surface area contributed by atoms with Gasteiger partial charge in [0.05, 0.1) is 5.25 Å². The lowest BCUT2D eigenvalue weighted by atomic mass is 10.0. The van der Waals surface area contributed by atoms with Crippen molar-refractivity contribution >= 4 is 17.7 Å². The van der Waals surface area contributed by atoms with Gasteiger partial charge in [0.1, 0.15) is 5.82 Å². The molecule has 0 bridgehead atoms. The summed E-state index contributed by atoms with van der Waals surface area (Å²) >= 11 is 1.49. The molecule has 2 aromatic rings. The lowest BCUT2D eigenvalue weighted by Crippen LogP contribution is -2.33. The van der Waals surface area contributed by atoms with Crippen LogP contribution in [0.3, 0.4) is 0 Å². The van der Waals surface area contributed by atoms with E-state index in [0.717, 1.165) is 17.5 Å². The first-order chi connectivity index (χ1) is 12.1. The molecule has 5 nitrogen and oxygen atoms in total. The molecule has 25 heavy (non-hydrogen) atoms. The Morgan fingerprint density at radius 1 is 1.28 bits per heavy atom. The van der Waals surface area contributed by atoms with Crippen LogP contribution in [-0.2, 0) is 11.3 Å². The van der Waals surface area contributed by atoms with Gasteiger partial charge >= 0.3 is 0 Å². The summed E-state index contributed by atoms with van der Waals surface area (Å²) in [6, 6.07) is 10.3. The molecule has 0 radical (unpaired) electrons. The van der Waals surface area contributed by atoms with E-state index in [1.807, 2.05) is 25.1 Å². The molecule has 2 atom stereocenters. The topological polar surface area (TPSA) is 59.8 Å². The van der Waals surface area contributed by atoms with Gasteiger partial charge < -0.3 is 9.88 Å². The number of carbonyl (C=O) groups is 1.